The molecule has 2 amide bonds. The Bertz CT molecular complexity index is 855. The van der Waals surface area contributed by atoms with Crippen molar-refractivity contribution in [3.8, 4) is 0 Å². The first-order valence-electron chi connectivity index (χ1n) is 10.7. The van der Waals surface area contributed by atoms with Crippen LogP contribution in [0.3, 0.4) is 0 Å². The lowest BCUT2D eigenvalue weighted by Crippen LogP contribution is -2.36. The molecule has 1 aliphatic heterocycles. The number of nitrogens with zero attached hydrogens (tertiary/aromatic N) is 3. The van der Waals surface area contributed by atoms with Crippen molar-refractivity contribution >= 4 is 17.7 Å². The average molecular weight is 413 g/mol. The van der Waals surface area contributed by atoms with E-state index in [1.165, 1.54) is 0 Å². The van der Waals surface area contributed by atoms with Crippen LogP contribution in [0.2, 0.25) is 0 Å². The molecule has 1 saturated heterocycles. The third-order valence-electron chi connectivity index (χ3n) is 4.93. The van der Waals surface area contributed by atoms with Crippen molar-refractivity contribution in [1.29, 1.82) is 0 Å². The number of hydrogen-bond acceptors (Lipinski definition) is 4. The van der Waals surface area contributed by atoms with E-state index in [1.807, 2.05) is 42.2 Å². The molecule has 0 bridgehead atoms. The van der Waals surface area contributed by atoms with Gasteiger partial charge in [-0.1, -0.05) is 31.1 Å². The first kappa shape index (κ1) is 21.7. The highest BCUT2D eigenvalue weighted by Crippen LogP contribution is 2.15. The zero-order chi connectivity index (χ0) is 21.3. The van der Waals surface area contributed by atoms with Crippen LogP contribution in [0, 0.1) is 0 Å². The number of anilines is 1. The number of carbonyl (C=O) groups excluding carboxylic acids is 1. The Balaban J connectivity index is 1.57. The van der Waals surface area contributed by atoms with Gasteiger partial charge in [-0.3, -0.25) is 0 Å². The standard InChI is InChI=1S/C22H32N6O2/c1-4-23-21(25-15-19-13-20(16(2)3)27-30-19)24-14-17-8-7-9-18(12-17)26-22(29)28-10-5-6-11-28/h7-9,12-13,16H,4-6,10-11,14-15H2,1-3H3,(H,26,29)(H2,23,24,25). The summed E-state index contributed by atoms with van der Waals surface area (Å²) < 4.78 is 5.37. The Morgan fingerprint density at radius 3 is 2.73 bits per heavy atom. The SMILES string of the molecule is CCNC(=NCc1cccc(NC(=O)N2CCCC2)c1)NCc1cc(C(C)C)no1. The molecule has 1 fully saturated rings. The smallest absolute Gasteiger partial charge is 0.321 e. The van der Waals surface area contributed by atoms with Crippen molar-refractivity contribution in [2.45, 2.75) is 52.6 Å². The van der Waals surface area contributed by atoms with Crippen LogP contribution in [0.25, 0.3) is 0 Å². The molecule has 8 heteroatoms. The van der Waals surface area contributed by atoms with Crippen molar-refractivity contribution in [3.63, 3.8) is 0 Å². The van der Waals surface area contributed by atoms with Crippen LogP contribution in [-0.2, 0) is 13.1 Å². The third-order valence-corrected chi connectivity index (χ3v) is 4.93. The highest BCUT2D eigenvalue weighted by Gasteiger charge is 2.17. The highest BCUT2D eigenvalue weighted by molar-refractivity contribution is 5.89. The van der Waals surface area contributed by atoms with Crippen molar-refractivity contribution in [2.24, 2.45) is 4.99 Å². The number of aliphatic imine (C=N–C) groups is 1. The summed E-state index contributed by atoms with van der Waals surface area (Å²) in [5, 5.41) is 13.6. The van der Waals surface area contributed by atoms with Gasteiger partial charge in [-0.25, -0.2) is 9.79 Å². The molecule has 0 saturated carbocycles. The van der Waals surface area contributed by atoms with E-state index in [9.17, 15) is 4.79 Å². The Morgan fingerprint density at radius 2 is 2.03 bits per heavy atom. The normalized spacial score (nSPS) is 14.3. The Hall–Kier alpha value is -3.03. The quantitative estimate of drug-likeness (QED) is 0.476. The fourth-order valence-electron chi connectivity index (χ4n) is 3.24. The van der Waals surface area contributed by atoms with Gasteiger partial charge in [0.05, 0.1) is 18.8 Å². The molecule has 0 aliphatic carbocycles. The van der Waals surface area contributed by atoms with Crippen LogP contribution < -0.4 is 16.0 Å². The van der Waals surface area contributed by atoms with E-state index in [1.54, 1.807) is 0 Å². The summed E-state index contributed by atoms with van der Waals surface area (Å²) in [5.74, 6) is 1.81. The number of carbonyl (C=O) groups is 1. The second kappa shape index (κ2) is 10.7. The van der Waals surface area contributed by atoms with E-state index < -0.39 is 0 Å². The van der Waals surface area contributed by atoms with Crippen molar-refractivity contribution in [3.05, 3.63) is 47.3 Å². The highest BCUT2D eigenvalue weighted by atomic mass is 16.5. The predicted molar refractivity (Wildman–Crippen MR) is 119 cm³/mol. The van der Waals surface area contributed by atoms with Gasteiger partial charge in [-0.2, -0.15) is 0 Å². The molecular weight excluding hydrogens is 380 g/mol. The molecule has 1 aliphatic rings. The fraction of sp³-hybridized carbons (Fsp3) is 0.500. The number of nitrogens with one attached hydrogen (secondary N) is 3. The molecule has 0 unspecified atom stereocenters. The lowest BCUT2D eigenvalue weighted by Gasteiger charge is -2.16. The topological polar surface area (TPSA) is 94.8 Å². The van der Waals surface area contributed by atoms with E-state index in [4.69, 9.17) is 4.52 Å². The summed E-state index contributed by atoms with van der Waals surface area (Å²) in [6.07, 6.45) is 2.16. The maximum absolute atomic E-state index is 12.3. The molecule has 0 atom stereocenters. The molecule has 1 aromatic carbocycles. The Morgan fingerprint density at radius 1 is 1.23 bits per heavy atom. The molecule has 3 N–H and O–H groups in total. The van der Waals surface area contributed by atoms with Crippen LogP contribution in [0.4, 0.5) is 10.5 Å². The summed E-state index contributed by atoms with van der Waals surface area (Å²) in [7, 11) is 0. The first-order chi connectivity index (χ1) is 14.5. The molecule has 1 aromatic heterocycles. The third kappa shape index (κ3) is 6.23. The Labute approximate surface area is 178 Å². The molecular formula is C22H32N6O2. The van der Waals surface area contributed by atoms with Gasteiger partial charge < -0.3 is 25.4 Å². The summed E-state index contributed by atoms with van der Waals surface area (Å²) in [6, 6.07) is 9.74. The number of hydrogen-bond donors (Lipinski definition) is 3. The van der Waals surface area contributed by atoms with Crippen LogP contribution in [-0.4, -0.2) is 41.7 Å². The minimum atomic E-state index is -0.0315. The second-order valence-corrected chi connectivity index (χ2v) is 7.75. The molecule has 2 heterocycles. The van der Waals surface area contributed by atoms with Gasteiger partial charge in [0.15, 0.2) is 11.7 Å². The maximum atomic E-state index is 12.3. The molecule has 3 rings (SSSR count). The molecule has 8 nitrogen and oxygen atoms in total. The first-order valence-corrected chi connectivity index (χ1v) is 10.7. The van der Waals surface area contributed by atoms with Crippen molar-refractivity contribution in [1.82, 2.24) is 20.7 Å². The zero-order valence-corrected chi connectivity index (χ0v) is 18.1. The summed E-state index contributed by atoms with van der Waals surface area (Å²) >= 11 is 0. The Kier molecular flexibility index (Phi) is 7.70. The van der Waals surface area contributed by atoms with Crippen LogP contribution in [0.1, 0.15) is 56.5 Å². The summed E-state index contributed by atoms with van der Waals surface area (Å²) in [5.41, 5.74) is 2.76. The molecule has 2 aromatic rings. The maximum Gasteiger partial charge on any atom is 0.321 e. The lowest BCUT2D eigenvalue weighted by atomic mass is 10.1. The lowest BCUT2D eigenvalue weighted by molar-refractivity contribution is 0.222. The van der Waals surface area contributed by atoms with Crippen LogP contribution in [0.5, 0.6) is 0 Å². The minimum Gasteiger partial charge on any atom is -0.359 e. The molecule has 162 valence electrons. The molecule has 0 radical (unpaired) electrons. The number of aromatic nitrogens is 1. The fourth-order valence-corrected chi connectivity index (χ4v) is 3.24. The zero-order valence-electron chi connectivity index (χ0n) is 18.1. The number of likely N-dealkylation sites (tertiary alicyclic amines) is 1. The number of benzene rings is 1. The van der Waals surface area contributed by atoms with E-state index >= 15 is 0 Å². The van der Waals surface area contributed by atoms with Gasteiger partial charge in [0, 0.05) is 31.4 Å². The monoisotopic (exact) mass is 412 g/mol. The van der Waals surface area contributed by atoms with Crippen molar-refractivity contribution < 1.29 is 9.32 Å². The predicted octanol–water partition coefficient (Wildman–Crippen LogP) is 3.68. The average Bonchev–Trinajstić information content (AvgIpc) is 3.42. The van der Waals surface area contributed by atoms with Gasteiger partial charge >= 0.3 is 6.03 Å². The number of amides is 2. The van der Waals surface area contributed by atoms with E-state index in [0.29, 0.717) is 25.0 Å². The van der Waals surface area contributed by atoms with Crippen LogP contribution >= 0.6 is 0 Å². The van der Waals surface area contributed by atoms with Gasteiger partial charge in [0.2, 0.25) is 0 Å². The minimum absolute atomic E-state index is 0.0315. The van der Waals surface area contributed by atoms with Gasteiger partial charge in [-0.15, -0.1) is 0 Å². The summed E-state index contributed by atoms with van der Waals surface area (Å²) in [4.78, 5) is 18.8. The van der Waals surface area contributed by atoms with E-state index in [-0.39, 0.29) is 6.03 Å². The molecule has 0 spiro atoms. The second-order valence-electron chi connectivity index (χ2n) is 7.75. The number of rotatable bonds is 7. The van der Waals surface area contributed by atoms with E-state index in [2.05, 4.69) is 39.9 Å². The van der Waals surface area contributed by atoms with Crippen molar-refractivity contribution in [2.75, 3.05) is 25.0 Å². The van der Waals surface area contributed by atoms with Crippen LogP contribution in [0.15, 0.2) is 39.8 Å². The van der Waals surface area contributed by atoms with E-state index in [0.717, 1.165) is 55.2 Å². The summed E-state index contributed by atoms with van der Waals surface area (Å²) in [6.45, 7) is 9.62. The molecule has 30 heavy (non-hydrogen) atoms. The van der Waals surface area contributed by atoms with Gasteiger partial charge in [-0.05, 0) is 43.4 Å². The number of urea groups is 1. The van der Waals surface area contributed by atoms with Gasteiger partial charge in [0.1, 0.15) is 0 Å². The largest absolute Gasteiger partial charge is 0.359 e. The van der Waals surface area contributed by atoms with Gasteiger partial charge in [0.25, 0.3) is 0 Å². The number of guanidine groups is 1.